The lowest BCUT2D eigenvalue weighted by molar-refractivity contribution is -0.139. The van der Waals surface area contributed by atoms with Crippen LogP contribution in [0.4, 0.5) is 5.69 Å². The zero-order valence-corrected chi connectivity index (χ0v) is 24.6. The Labute approximate surface area is 236 Å². The van der Waals surface area contributed by atoms with Crippen LogP contribution < -0.4 is 19.1 Å². The molecule has 1 N–H and O–H groups in total. The average Bonchev–Trinajstić information content (AvgIpc) is 2.94. The van der Waals surface area contributed by atoms with Gasteiger partial charge in [0.25, 0.3) is 10.0 Å². The molecule has 3 aromatic rings. The zero-order chi connectivity index (χ0) is 29.4. The van der Waals surface area contributed by atoms with Crippen molar-refractivity contribution in [3.63, 3.8) is 0 Å². The van der Waals surface area contributed by atoms with Crippen molar-refractivity contribution in [1.82, 2.24) is 10.2 Å². The van der Waals surface area contributed by atoms with E-state index in [9.17, 15) is 18.0 Å². The molecule has 0 aliphatic heterocycles. The van der Waals surface area contributed by atoms with Crippen molar-refractivity contribution >= 4 is 27.5 Å². The fourth-order valence-corrected chi connectivity index (χ4v) is 5.63. The number of methoxy groups -OCH3 is 2. The minimum Gasteiger partial charge on any atom is -0.493 e. The van der Waals surface area contributed by atoms with E-state index in [0.29, 0.717) is 18.0 Å². The monoisotopic (exact) mass is 567 g/mol. The number of benzene rings is 3. The Bertz CT molecular complexity index is 1440. The minimum atomic E-state index is -4.19. The number of rotatable bonds is 12. The molecule has 3 rings (SSSR count). The molecular weight excluding hydrogens is 530 g/mol. The Morgan fingerprint density at radius 1 is 0.925 bits per heavy atom. The van der Waals surface area contributed by atoms with Crippen LogP contribution in [0.25, 0.3) is 0 Å². The highest BCUT2D eigenvalue weighted by Gasteiger charge is 2.33. The van der Waals surface area contributed by atoms with E-state index in [1.165, 1.54) is 37.3 Å². The molecule has 10 heteroatoms. The van der Waals surface area contributed by atoms with Gasteiger partial charge in [-0.1, -0.05) is 42.0 Å². The summed E-state index contributed by atoms with van der Waals surface area (Å²) in [5, 5.41) is 2.76. The number of carbonyl (C=O) groups excluding carboxylic acids is 2. The van der Waals surface area contributed by atoms with Gasteiger partial charge in [0.05, 0.1) is 24.8 Å². The summed E-state index contributed by atoms with van der Waals surface area (Å²) in [6.45, 7) is 7.21. The second-order valence-corrected chi connectivity index (χ2v) is 11.2. The Hall–Kier alpha value is -4.05. The molecule has 0 unspecified atom stereocenters. The van der Waals surface area contributed by atoms with Crippen LogP contribution in [0, 0.1) is 13.8 Å². The predicted octanol–water partition coefficient (Wildman–Crippen LogP) is 4.07. The van der Waals surface area contributed by atoms with Gasteiger partial charge in [-0.15, -0.1) is 0 Å². The van der Waals surface area contributed by atoms with Gasteiger partial charge < -0.3 is 19.7 Å². The number of hydrogen-bond acceptors (Lipinski definition) is 6. The van der Waals surface area contributed by atoms with Crippen LogP contribution in [0.5, 0.6) is 11.5 Å². The SMILES string of the molecule is CCNC(=O)[C@H](C)N(Cc1ccccc1C)C(=O)CN(c1ccc(OC)c(OC)c1)S(=O)(=O)c1ccc(C)cc1. The summed E-state index contributed by atoms with van der Waals surface area (Å²) >= 11 is 0. The number of amides is 2. The molecule has 0 bridgehead atoms. The van der Waals surface area contributed by atoms with E-state index < -0.39 is 28.5 Å². The quantitative estimate of drug-likeness (QED) is 0.354. The minimum absolute atomic E-state index is 0.0305. The average molecular weight is 568 g/mol. The van der Waals surface area contributed by atoms with Crippen molar-refractivity contribution in [2.45, 2.75) is 45.2 Å². The molecule has 0 aromatic heterocycles. The van der Waals surface area contributed by atoms with Gasteiger partial charge in [0.15, 0.2) is 11.5 Å². The van der Waals surface area contributed by atoms with Gasteiger partial charge in [0.2, 0.25) is 11.8 Å². The molecule has 0 radical (unpaired) electrons. The zero-order valence-electron chi connectivity index (χ0n) is 23.8. The second-order valence-electron chi connectivity index (χ2n) is 9.38. The highest BCUT2D eigenvalue weighted by molar-refractivity contribution is 7.92. The summed E-state index contributed by atoms with van der Waals surface area (Å²) in [5.74, 6) is -0.142. The number of nitrogens with zero attached hydrogens (tertiary/aromatic N) is 2. The summed E-state index contributed by atoms with van der Waals surface area (Å²) in [5.41, 5.74) is 2.92. The highest BCUT2D eigenvalue weighted by atomic mass is 32.2. The molecular formula is C30H37N3O6S. The van der Waals surface area contributed by atoms with Crippen LogP contribution in [0.3, 0.4) is 0 Å². The van der Waals surface area contributed by atoms with E-state index in [1.54, 1.807) is 38.1 Å². The number of ether oxygens (including phenoxy) is 2. The predicted molar refractivity (Wildman–Crippen MR) is 155 cm³/mol. The fraction of sp³-hybridized carbons (Fsp3) is 0.333. The van der Waals surface area contributed by atoms with Gasteiger partial charge in [-0.3, -0.25) is 13.9 Å². The van der Waals surface area contributed by atoms with Crippen LogP contribution in [0.2, 0.25) is 0 Å². The van der Waals surface area contributed by atoms with Gasteiger partial charge in [-0.25, -0.2) is 8.42 Å². The second kappa shape index (κ2) is 13.3. The van der Waals surface area contributed by atoms with E-state index in [0.717, 1.165) is 21.0 Å². The van der Waals surface area contributed by atoms with E-state index in [-0.39, 0.29) is 23.0 Å². The molecule has 0 aliphatic carbocycles. The normalized spacial score (nSPS) is 11.8. The van der Waals surface area contributed by atoms with Gasteiger partial charge in [-0.05, 0) is 63.1 Å². The third kappa shape index (κ3) is 6.93. The molecule has 0 spiro atoms. The molecule has 40 heavy (non-hydrogen) atoms. The topological polar surface area (TPSA) is 105 Å². The lowest BCUT2D eigenvalue weighted by Gasteiger charge is -2.32. The van der Waals surface area contributed by atoms with Crippen LogP contribution in [0.1, 0.15) is 30.5 Å². The van der Waals surface area contributed by atoms with E-state index in [1.807, 2.05) is 38.1 Å². The first-order valence-electron chi connectivity index (χ1n) is 13.0. The highest BCUT2D eigenvalue weighted by Crippen LogP contribution is 2.34. The maximum atomic E-state index is 14.0. The third-order valence-corrected chi connectivity index (χ3v) is 8.45. The van der Waals surface area contributed by atoms with Crippen molar-refractivity contribution in [3.05, 3.63) is 83.4 Å². The van der Waals surface area contributed by atoms with E-state index in [4.69, 9.17) is 9.47 Å². The molecule has 0 saturated heterocycles. The lowest BCUT2D eigenvalue weighted by Crippen LogP contribution is -2.51. The summed E-state index contributed by atoms with van der Waals surface area (Å²) in [6.07, 6.45) is 0. The van der Waals surface area contributed by atoms with Crippen molar-refractivity contribution < 1.29 is 27.5 Å². The smallest absolute Gasteiger partial charge is 0.264 e. The Morgan fingerprint density at radius 3 is 2.17 bits per heavy atom. The van der Waals surface area contributed by atoms with Gasteiger partial charge in [0, 0.05) is 19.2 Å². The van der Waals surface area contributed by atoms with Gasteiger partial charge >= 0.3 is 0 Å². The first-order chi connectivity index (χ1) is 19.0. The van der Waals surface area contributed by atoms with Crippen LogP contribution in [0.15, 0.2) is 71.6 Å². The van der Waals surface area contributed by atoms with Crippen molar-refractivity contribution in [1.29, 1.82) is 0 Å². The number of anilines is 1. The Balaban J connectivity index is 2.10. The van der Waals surface area contributed by atoms with Gasteiger partial charge in [0.1, 0.15) is 12.6 Å². The molecule has 9 nitrogen and oxygen atoms in total. The number of hydrogen-bond donors (Lipinski definition) is 1. The Morgan fingerprint density at radius 2 is 1.57 bits per heavy atom. The van der Waals surface area contributed by atoms with Crippen molar-refractivity contribution in [3.8, 4) is 11.5 Å². The Kier molecular flexibility index (Phi) is 10.2. The number of likely N-dealkylation sites (N-methyl/N-ethyl adjacent to an activating group) is 1. The first-order valence-corrected chi connectivity index (χ1v) is 14.4. The first kappa shape index (κ1) is 30.5. The fourth-order valence-electron chi connectivity index (χ4n) is 4.22. The van der Waals surface area contributed by atoms with E-state index in [2.05, 4.69) is 5.32 Å². The molecule has 0 saturated carbocycles. The third-order valence-electron chi connectivity index (χ3n) is 6.66. The summed E-state index contributed by atoms with van der Waals surface area (Å²) < 4.78 is 39.7. The molecule has 3 aromatic carbocycles. The number of aryl methyl sites for hydroxylation is 2. The summed E-state index contributed by atoms with van der Waals surface area (Å²) in [4.78, 5) is 28.3. The van der Waals surface area contributed by atoms with E-state index >= 15 is 0 Å². The number of sulfonamides is 1. The van der Waals surface area contributed by atoms with Crippen molar-refractivity contribution in [2.24, 2.45) is 0 Å². The van der Waals surface area contributed by atoms with Crippen LogP contribution >= 0.6 is 0 Å². The van der Waals surface area contributed by atoms with Crippen LogP contribution in [-0.2, 0) is 26.2 Å². The number of carbonyl (C=O) groups is 2. The van der Waals surface area contributed by atoms with Crippen molar-refractivity contribution in [2.75, 3.05) is 31.6 Å². The van der Waals surface area contributed by atoms with Gasteiger partial charge in [-0.2, -0.15) is 0 Å². The standard InChI is InChI=1S/C30H37N3O6S/c1-7-31-30(35)23(4)32(19-24-11-9-8-10-22(24)3)29(34)20-33(25-14-17-27(38-5)28(18-25)39-6)40(36,37)26-15-12-21(2)13-16-26/h8-18,23H,7,19-20H2,1-6H3,(H,31,35)/t23-/m0/s1. The summed E-state index contributed by atoms with van der Waals surface area (Å²) in [6, 6.07) is 17.8. The summed E-state index contributed by atoms with van der Waals surface area (Å²) in [7, 11) is -1.26. The maximum Gasteiger partial charge on any atom is 0.264 e. The molecule has 214 valence electrons. The molecule has 1 atom stereocenters. The molecule has 0 heterocycles. The molecule has 0 fully saturated rings. The maximum absolute atomic E-state index is 14.0. The molecule has 2 amide bonds. The van der Waals surface area contributed by atoms with Crippen LogP contribution in [-0.4, -0.2) is 58.5 Å². The molecule has 0 aliphatic rings. The number of nitrogens with one attached hydrogen (secondary N) is 1. The lowest BCUT2D eigenvalue weighted by atomic mass is 10.1. The largest absolute Gasteiger partial charge is 0.493 e.